The Morgan fingerprint density at radius 1 is 1.15 bits per heavy atom. The number of hydrazine groups is 1. The van der Waals surface area contributed by atoms with Crippen molar-refractivity contribution < 1.29 is 13.2 Å². The first kappa shape index (κ1) is 18.3. The third kappa shape index (κ3) is 3.85. The molecule has 0 fully saturated rings. The van der Waals surface area contributed by atoms with Gasteiger partial charge >= 0.3 is 0 Å². The first-order valence-electron chi connectivity index (χ1n) is 7.54. The Kier molecular flexibility index (Phi) is 5.21. The van der Waals surface area contributed by atoms with Gasteiger partial charge in [-0.05, 0) is 42.8 Å². The summed E-state index contributed by atoms with van der Waals surface area (Å²) in [6, 6.07) is 13.7. The Balaban J connectivity index is 1.77. The number of imidazole rings is 1. The second kappa shape index (κ2) is 7.40. The van der Waals surface area contributed by atoms with Gasteiger partial charge in [-0.2, -0.15) is 0 Å². The number of aryl methyl sites for hydroxylation is 1. The van der Waals surface area contributed by atoms with E-state index in [0.717, 1.165) is 15.7 Å². The van der Waals surface area contributed by atoms with Crippen LogP contribution in [-0.4, -0.2) is 23.9 Å². The summed E-state index contributed by atoms with van der Waals surface area (Å²) in [5.41, 5.74) is 3.92. The van der Waals surface area contributed by atoms with E-state index in [-0.39, 0.29) is 10.6 Å². The van der Waals surface area contributed by atoms with E-state index < -0.39 is 15.9 Å². The van der Waals surface area contributed by atoms with Gasteiger partial charge in [-0.15, -0.1) is 4.83 Å². The third-order valence-electron chi connectivity index (χ3n) is 3.64. The molecule has 0 radical (unpaired) electrons. The summed E-state index contributed by atoms with van der Waals surface area (Å²) in [5, 5.41) is 0. The molecule has 1 heterocycles. The van der Waals surface area contributed by atoms with Crippen LogP contribution >= 0.6 is 15.9 Å². The quantitative estimate of drug-likeness (QED) is 0.603. The van der Waals surface area contributed by atoms with Crippen LogP contribution in [0.25, 0.3) is 5.69 Å². The van der Waals surface area contributed by atoms with Crippen molar-refractivity contribution in [1.29, 1.82) is 0 Å². The fraction of sp³-hybridized carbons (Fsp3) is 0.0588. The molecule has 0 saturated carbocycles. The normalized spacial score (nSPS) is 11.3. The summed E-state index contributed by atoms with van der Waals surface area (Å²) in [6.45, 7) is 1.78. The molecule has 134 valence electrons. The summed E-state index contributed by atoms with van der Waals surface area (Å²) < 4.78 is 27.1. The molecule has 1 amide bonds. The number of halogens is 1. The number of sulfonamides is 1. The third-order valence-corrected chi connectivity index (χ3v) is 5.78. The van der Waals surface area contributed by atoms with Crippen LogP contribution in [0.1, 0.15) is 16.1 Å². The minimum absolute atomic E-state index is 0.0510. The van der Waals surface area contributed by atoms with E-state index in [4.69, 9.17) is 0 Å². The topological polar surface area (TPSA) is 93.1 Å². The Hall–Kier alpha value is -2.49. The number of rotatable bonds is 5. The van der Waals surface area contributed by atoms with Crippen LogP contribution in [0.2, 0.25) is 0 Å². The lowest BCUT2D eigenvalue weighted by Crippen LogP contribution is -2.42. The number of aromatic nitrogens is 2. The zero-order valence-electron chi connectivity index (χ0n) is 13.7. The van der Waals surface area contributed by atoms with Gasteiger partial charge in [0.2, 0.25) is 0 Å². The number of para-hydroxylation sites is 1. The van der Waals surface area contributed by atoms with E-state index in [1.54, 1.807) is 17.6 Å². The number of carbonyl (C=O) groups is 1. The molecule has 3 rings (SSSR count). The maximum Gasteiger partial charge on any atom is 0.284 e. The van der Waals surface area contributed by atoms with Gasteiger partial charge in [0, 0.05) is 10.2 Å². The molecule has 7 nitrogen and oxygen atoms in total. The Morgan fingerprint density at radius 3 is 2.58 bits per heavy atom. The lowest BCUT2D eigenvalue weighted by atomic mass is 10.2. The average molecular weight is 435 g/mol. The van der Waals surface area contributed by atoms with Crippen LogP contribution in [0, 0.1) is 6.92 Å². The van der Waals surface area contributed by atoms with Crippen molar-refractivity contribution in [3.8, 4) is 5.69 Å². The predicted molar refractivity (Wildman–Crippen MR) is 100 cm³/mol. The molecule has 0 saturated heterocycles. The number of amides is 1. The second-order valence-corrected chi connectivity index (χ2v) is 7.99. The zero-order valence-corrected chi connectivity index (χ0v) is 16.1. The summed E-state index contributed by atoms with van der Waals surface area (Å²) in [4.78, 5) is 18.5. The van der Waals surface area contributed by atoms with Crippen molar-refractivity contribution in [3.05, 3.63) is 76.8 Å². The highest BCUT2D eigenvalue weighted by atomic mass is 79.9. The minimum Gasteiger partial charge on any atom is -0.295 e. The molecule has 2 N–H and O–H groups in total. The predicted octanol–water partition coefficient (Wildman–Crippen LogP) is 2.57. The number of benzene rings is 2. The van der Waals surface area contributed by atoms with Crippen LogP contribution in [0.5, 0.6) is 0 Å². The number of hydrogen-bond donors (Lipinski definition) is 2. The zero-order chi connectivity index (χ0) is 18.7. The van der Waals surface area contributed by atoms with Crippen LogP contribution in [-0.2, 0) is 10.0 Å². The summed E-state index contributed by atoms with van der Waals surface area (Å²) in [6.07, 6.45) is 2.84. The molecule has 9 heteroatoms. The largest absolute Gasteiger partial charge is 0.295 e. The SMILES string of the molecule is Cc1cc(S(=O)(=O)NNC(=O)c2cncn2-c2ccccc2)ccc1Br. The van der Waals surface area contributed by atoms with Gasteiger partial charge in [-0.3, -0.25) is 14.8 Å². The second-order valence-electron chi connectivity index (χ2n) is 5.46. The van der Waals surface area contributed by atoms with Crippen LogP contribution < -0.4 is 10.3 Å². The smallest absolute Gasteiger partial charge is 0.284 e. The van der Waals surface area contributed by atoms with E-state index in [0.29, 0.717) is 0 Å². The van der Waals surface area contributed by atoms with Crippen molar-refractivity contribution in [1.82, 2.24) is 19.8 Å². The number of hydrogen-bond acceptors (Lipinski definition) is 4. The maximum atomic E-state index is 12.4. The molecule has 0 aliphatic heterocycles. The number of nitrogens with one attached hydrogen (secondary N) is 2. The van der Waals surface area contributed by atoms with Crippen LogP contribution in [0.3, 0.4) is 0 Å². The van der Waals surface area contributed by atoms with Crippen molar-refractivity contribution in [3.63, 3.8) is 0 Å². The molecule has 0 aliphatic carbocycles. The minimum atomic E-state index is -3.90. The standard InChI is InChI=1S/C17H15BrN4O3S/c1-12-9-14(7-8-15(12)18)26(24,25)21-20-17(23)16-10-19-11-22(16)13-5-3-2-4-6-13/h2-11,21H,1H3,(H,20,23). The van der Waals surface area contributed by atoms with E-state index in [9.17, 15) is 13.2 Å². The monoisotopic (exact) mass is 434 g/mol. The van der Waals surface area contributed by atoms with Crippen molar-refractivity contribution in [2.75, 3.05) is 0 Å². The van der Waals surface area contributed by atoms with E-state index in [1.165, 1.54) is 24.7 Å². The molecule has 0 bridgehead atoms. The molecular formula is C17H15BrN4O3S. The van der Waals surface area contributed by atoms with Gasteiger partial charge in [0.15, 0.2) is 0 Å². The van der Waals surface area contributed by atoms with Gasteiger partial charge in [0.1, 0.15) is 5.69 Å². The van der Waals surface area contributed by atoms with Crippen LogP contribution in [0.15, 0.2) is 70.4 Å². The Morgan fingerprint density at radius 2 is 1.88 bits per heavy atom. The van der Waals surface area contributed by atoms with E-state index in [1.807, 2.05) is 30.3 Å². The first-order chi connectivity index (χ1) is 12.4. The van der Waals surface area contributed by atoms with Gasteiger partial charge in [-0.25, -0.2) is 13.4 Å². The molecule has 2 aromatic carbocycles. The molecule has 3 aromatic rings. The van der Waals surface area contributed by atoms with E-state index >= 15 is 0 Å². The summed E-state index contributed by atoms with van der Waals surface area (Å²) in [5.74, 6) is -0.622. The first-order valence-corrected chi connectivity index (χ1v) is 9.82. The van der Waals surface area contributed by atoms with Crippen molar-refractivity contribution in [2.24, 2.45) is 0 Å². The Labute approximate surface area is 159 Å². The molecule has 0 atom stereocenters. The summed E-state index contributed by atoms with van der Waals surface area (Å²) >= 11 is 3.32. The number of carbonyl (C=O) groups excluding carboxylic acids is 1. The maximum absolute atomic E-state index is 12.4. The summed E-state index contributed by atoms with van der Waals surface area (Å²) in [7, 11) is -3.90. The van der Waals surface area contributed by atoms with Gasteiger partial charge in [0.05, 0.1) is 17.4 Å². The molecule has 0 unspecified atom stereocenters. The van der Waals surface area contributed by atoms with Gasteiger partial charge in [-0.1, -0.05) is 34.1 Å². The molecule has 26 heavy (non-hydrogen) atoms. The lowest BCUT2D eigenvalue weighted by molar-refractivity contribution is 0.0938. The van der Waals surface area contributed by atoms with Crippen LogP contribution in [0.4, 0.5) is 0 Å². The van der Waals surface area contributed by atoms with Crippen molar-refractivity contribution >= 4 is 31.9 Å². The fourth-order valence-electron chi connectivity index (χ4n) is 2.28. The highest BCUT2D eigenvalue weighted by Gasteiger charge is 2.18. The number of nitrogens with zero attached hydrogens (tertiary/aromatic N) is 2. The highest BCUT2D eigenvalue weighted by Crippen LogP contribution is 2.19. The molecular weight excluding hydrogens is 420 g/mol. The van der Waals surface area contributed by atoms with Crippen molar-refractivity contribution in [2.45, 2.75) is 11.8 Å². The lowest BCUT2D eigenvalue weighted by Gasteiger charge is -2.11. The highest BCUT2D eigenvalue weighted by molar-refractivity contribution is 9.10. The average Bonchev–Trinajstić information content (AvgIpc) is 3.12. The molecule has 0 aliphatic rings. The molecule has 1 aromatic heterocycles. The van der Waals surface area contributed by atoms with Gasteiger partial charge < -0.3 is 0 Å². The Bertz CT molecular complexity index is 1050. The fourth-order valence-corrected chi connectivity index (χ4v) is 3.45. The molecule has 0 spiro atoms. The van der Waals surface area contributed by atoms with E-state index in [2.05, 4.69) is 31.2 Å². The van der Waals surface area contributed by atoms with Gasteiger partial charge in [0.25, 0.3) is 15.9 Å².